The molecule has 0 spiro atoms. The average Bonchev–Trinajstić information content (AvgIpc) is 1.86. The highest BCUT2D eigenvalue weighted by Gasteiger charge is 2.05. The van der Waals surface area contributed by atoms with Crippen LogP contribution in [-0.4, -0.2) is 11.2 Å². The van der Waals surface area contributed by atoms with Crippen molar-refractivity contribution in [2.24, 2.45) is 5.92 Å². The maximum absolute atomic E-state index is 9.38. The van der Waals surface area contributed by atoms with Crippen LogP contribution in [0.25, 0.3) is 0 Å². The summed E-state index contributed by atoms with van der Waals surface area (Å²) in [7, 11) is 0. The molecule has 64 valence electrons. The van der Waals surface area contributed by atoms with Crippen LogP contribution in [0.3, 0.4) is 0 Å². The molecule has 0 saturated carbocycles. The molecule has 0 amide bonds. The van der Waals surface area contributed by atoms with Gasteiger partial charge in [-0.1, -0.05) is 13.8 Å². The molecule has 1 N–H and O–H groups in total. The number of aliphatic hydroxyl groups is 1. The van der Waals surface area contributed by atoms with Crippen LogP contribution in [0.2, 0.25) is 0 Å². The van der Waals surface area contributed by atoms with Crippen LogP contribution < -0.4 is 0 Å². The lowest BCUT2D eigenvalue weighted by atomic mass is 10.0. The lowest BCUT2D eigenvalue weighted by molar-refractivity contribution is 0.137. The van der Waals surface area contributed by atoms with Crippen LogP contribution in [0, 0.1) is 18.3 Å². The predicted octanol–water partition coefficient (Wildman–Crippen LogP) is 2.20. The van der Waals surface area contributed by atoms with Crippen molar-refractivity contribution in [3.05, 3.63) is 0 Å². The van der Waals surface area contributed by atoms with Crippen LogP contribution >= 0.6 is 0 Å². The Labute approximate surface area is 69.8 Å². The Kier molecular flexibility index (Phi) is 5.97. The van der Waals surface area contributed by atoms with E-state index in [9.17, 15) is 5.11 Å². The summed E-state index contributed by atoms with van der Waals surface area (Å²) in [6.45, 7) is 4.23. The fourth-order valence-electron chi connectivity index (χ4n) is 1.10. The third-order valence-corrected chi connectivity index (χ3v) is 1.60. The largest absolute Gasteiger partial charge is 0.393 e. The fourth-order valence-corrected chi connectivity index (χ4v) is 1.10. The maximum Gasteiger partial charge on any atom is 0.0543 e. The predicted molar refractivity (Wildman–Crippen MR) is 48.1 cm³/mol. The number of hydrogen-bond acceptors (Lipinski definition) is 1. The molecule has 0 rings (SSSR count). The monoisotopic (exact) mass is 154 g/mol. The minimum Gasteiger partial charge on any atom is -0.393 e. The molecule has 0 aliphatic heterocycles. The molecule has 0 fully saturated rings. The smallest absolute Gasteiger partial charge is 0.0543 e. The average molecular weight is 154 g/mol. The molecule has 0 aromatic heterocycles. The molecule has 0 aliphatic rings. The first kappa shape index (κ1) is 10.5. The van der Waals surface area contributed by atoms with Crippen LogP contribution in [0.15, 0.2) is 0 Å². The zero-order valence-corrected chi connectivity index (χ0v) is 7.51. The van der Waals surface area contributed by atoms with Gasteiger partial charge in [0, 0.05) is 6.42 Å². The molecule has 0 saturated heterocycles. The molecule has 0 aromatic rings. The topological polar surface area (TPSA) is 20.2 Å². The van der Waals surface area contributed by atoms with Crippen LogP contribution in [0.1, 0.15) is 39.5 Å². The summed E-state index contributed by atoms with van der Waals surface area (Å²) in [6.07, 6.45) is 8.41. The van der Waals surface area contributed by atoms with Gasteiger partial charge in [0.05, 0.1) is 6.10 Å². The van der Waals surface area contributed by atoms with Gasteiger partial charge in [0.1, 0.15) is 0 Å². The van der Waals surface area contributed by atoms with E-state index in [0.29, 0.717) is 5.92 Å². The van der Waals surface area contributed by atoms with E-state index in [-0.39, 0.29) is 6.10 Å². The molecule has 0 radical (unpaired) electrons. The van der Waals surface area contributed by atoms with E-state index in [4.69, 9.17) is 6.42 Å². The Balaban J connectivity index is 3.24. The molecule has 1 heteroatoms. The second-order valence-electron chi connectivity index (χ2n) is 3.38. The van der Waals surface area contributed by atoms with E-state index in [1.807, 2.05) is 0 Å². The zero-order valence-electron chi connectivity index (χ0n) is 7.51. The summed E-state index contributed by atoms with van der Waals surface area (Å²) < 4.78 is 0. The summed E-state index contributed by atoms with van der Waals surface area (Å²) in [5.41, 5.74) is 0. The van der Waals surface area contributed by atoms with E-state index in [0.717, 1.165) is 25.7 Å². The minimum absolute atomic E-state index is 0.150. The van der Waals surface area contributed by atoms with Gasteiger partial charge in [-0.05, 0) is 25.2 Å². The van der Waals surface area contributed by atoms with Gasteiger partial charge >= 0.3 is 0 Å². The highest BCUT2D eigenvalue weighted by molar-refractivity contribution is 4.83. The lowest BCUT2D eigenvalue weighted by Crippen LogP contribution is -2.09. The normalized spacial score (nSPS) is 13.0. The van der Waals surface area contributed by atoms with E-state index in [1.54, 1.807) is 0 Å². The minimum atomic E-state index is -0.150. The first-order chi connectivity index (χ1) is 5.16. The van der Waals surface area contributed by atoms with E-state index in [1.165, 1.54) is 0 Å². The van der Waals surface area contributed by atoms with Crippen molar-refractivity contribution in [1.82, 2.24) is 0 Å². The molecule has 1 nitrogen and oxygen atoms in total. The zero-order chi connectivity index (χ0) is 8.69. The van der Waals surface area contributed by atoms with Gasteiger partial charge in [0.15, 0.2) is 0 Å². The van der Waals surface area contributed by atoms with Crippen LogP contribution in [0.5, 0.6) is 0 Å². The van der Waals surface area contributed by atoms with Crippen LogP contribution in [0.4, 0.5) is 0 Å². The van der Waals surface area contributed by atoms with Gasteiger partial charge in [0.2, 0.25) is 0 Å². The Bertz CT molecular complexity index is 121. The summed E-state index contributed by atoms with van der Waals surface area (Å²) >= 11 is 0. The quantitative estimate of drug-likeness (QED) is 0.475. The van der Waals surface area contributed by atoms with E-state index >= 15 is 0 Å². The number of rotatable bonds is 5. The maximum atomic E-state index is 9.38. The third kappa shape index (κ3) is 7.42. The molecule has 0 bridgehead atoms. The molecular weight excluding hydrogens is 136 g/mol. The van der Waals surface area contributed by atoms with Crippen molar-refractivity contribution in [1.29, 1.82) is 0 Å². The highest BCUT2D eigenvalue weighted by atomic mass is 16.3. The third-order valence-electron chi connectivity index (χ3n) is 1.60. The Morgan fingerprint density at radius 3 is 2.55 bits per heavy atom. The van der Waals surface area contributed by atoms with Crippen molar-refractivity contribution in [3.63, 3.8) is 0 Å². The first-order valence-corrected chi connectivity index (χ1v) is 4.28. The van der Waals surface area contributed by atoms with Crippen molar-refractivity contribution in [2.75, 3.05) is 0 Å². The molecule has 11 heavy (non-hydrogen) atoms. The Hall–Kier alpha value is -0.480. The van der Waals surface area contributed by atoms with Crippen LogP contribution in [-0.2, 0) is 0 Å². The molecule has 0 aromatic carbocycles. The molecule has 1 unspecified atom stereocenters. The summed E-state index contributed by atoms with van der Waals surface area (Å²) in [6, 6.07) is 0. The van der Waals surface area contributed by atoms with Crippen molar-refractivity contribution < 1.29 is 5.11 Å². The molecule has 1 atom stereocenters. The second-order valence-corrected chi connectivity index (χ2v) is 3.38. The number of terminal acetylenes is 1. The SMILES string of the molecule is C#CCCCC(O)CC(C)C. The first-order valence-electron chi connectivity index (χ1n) is 4.28. The van der Waals surface area contributed by atoms with Gasteiger partial charge in [-0.3, -0.25) is 0 Å². The number of hydrogen-bond donors (Lipinski definition) is 1. The lowest BCUT2D eigenvalue weighted by Gasteiger charge is -2.11. The van der Waals surface area contributed by atoms with Crippen molar-refractivity contribution >= 4 is 0 Å². The molecule has 0 heterocycles. The van der Waals surface area contributed by atoms with Gasteiger partial charge in [-0.25, -0.2) is 0 Å². The van der Waals surface area contributed by atoms with Crippen molar-refractivity contribution in [3.8, 4) is 12.3 Å². The van der Waals surface area contributed by atoms with Crippen molar-refractivity contribution in [2.45, 2.75) is 45.6 Å². The molecular formula is C10H18O. The standard InChI is InChI=1S/C10H18O/c1-4-5-6-7-10(11)8-9(2)3/h1,9-11H,5-8H2,2-3H3. The number of aliphatic hydroxyl groups excluding tert-OH is 1. The van der Waals surface area contributed by atoms with E-state index in [2.05, 4.69) is 19.8 Å². The van der Waals surface area contributed by atoms with Gasteiger partial charge in [0.25, 0.3) is 0 Å². The van der Waals surface area contributed by atoms with Gasteiger partial charge in [-0.2, -0.15) is 0 Å². The summed E-state index contributed by atoms with van der Waals surface area (Å²) in [4.78, 5) is 0. The highest BCUT2D eigenvalue weighted by Crippen LogP contribution is 2.09. The second kappa shape index (κ2) is 6.24. The molecule has 0 aliphatic carbocycles. The number of unbranched alkanes of at least 4 members (excludes halogenated alkanes) is 1. The summed E-state index contributed by atoms with van der Waals surface area (Å²) in [5, 5.41) is 9.38. The van der Waals surface area contributed by atoms with Gasteiger partial charge in [-0.15, -0.1) is 12.3 Å². The Morgan fingerprint density at radius 2 is 2.09 bits per heavy atom. The summed E-state index contributed by atoms with van der Waals surface area (Å²) in [5.74, 6) is 3.14. The van der Waals surface area contributed by atoms with Gasteiger partial charge < -0.3 is 5.11 Å². The Morgan fingerprint density at radius 1 is 1.45 bits per heavy atom. The fraction of sp³-hybridized carbons (Fsp3) is 0.800. The van der Waals surface area contributed by atoms with E-state index < -0.39 is 0 Å².